The number of pyridine rings is 1. The number of hydrogen-bond donors (Lipinski definition) is 2. The van der Waals surface area contributed by atoms with Crippen molar-refractivity contribution in [1.82, 2.24) is 10.3 Å². The van der Waals surface area contributed by atoms with Gasteiger partial charge in [0.1, 0.15) is 23.0 Å². The Hall–Kier alpha value is -2.64. The molecule has 0 fully saturated rings. The van der Waals surface area contributed by atoms with Crippen LogP contribution in [0.1, 0.15) is 38.1 Å². The van der Waals surface area contributed by atoms with Gasteiger partial charge in [-0.15, -0.1) is 0 Å². The molecule has 2 amide bonds. The Bertz CT molecular complexity index is 595. The molecular weight excluding hydrogens is 302 g/mol. The second kappa shape index (κ2) is 7.57. The molecule has 126 valence electrons. The molecule has 0 bridgehead atoms. The highest BCUT2D eigenvalue weighted by Gasteiger charge is 2.22. The third-order valence-electron chi connectivity index (χ3n) is 2.58. The van der Waals surface area contributed by atoms with E-state index in [0.29, 0.717) is 0 Å². The van der Waals surface area contributed by atoms with Crippen LogP contribution < -0.4 is 10.6 Å². The van der Waals surface area contributed by atoms with Gasteiger partial charge in [0, 0.05) is 6.20 Å². The standard InChI is InChI=1S/C15H21N3O5/c1-9(17-14(21)23-15(2,3)4)12(19)18-11-10(13(20)22-5)7-6-8-16-11/h6-9H,1-5H3,(H,17,21)(H,16,18,19)/t9-/m1/s1. The number of alkyl carbamates (subject to hydrolysis) is 1. The molecular formula is C15H21N3O5. The number of nitrogens with one attached hydrogen (secondary N) is 2. The number of nitrogens with zero attached hydrogens (tertiary/aromatic N) is 1. The summed E-state index contributed by atoms with van der Waals surface area (Å²) in [5.41, 5.74) is -0.549. The second-order valence-corrected chi connectivity index (χ2v) is 5.75. The van der Waals surface area contributed by atoms with Crippen molar-refractivity contribution >= 4 is 23.8 Å². The first-order valence-corrected chi connectivity index (χ1v) is 6.97. The zero-order valence-electron chi connectivity index (χ0n) is 13.8. The van der Waals surface area contributed by atoms with Gasteiger partial charge in [0.2, 0.25) is 5.91 Å². The van der Waals surface area contributed by atoms with Crippen LogP contribution in [-0.4, -0.2) is 41.7 Å². The molecule has 1 aromatic rings. The number of hydrogen-bond acceptors (Lipinski definition) is 6. The van der Waals surface area contributed by atoms with Crippen molar-refractivity contribution in [3.05, 3.63) is 23.9 Å². The minimum absolute atomic E-state index is 0.0576. The number of amides is 2. The molecule has 23 heavy (non-hydrogen) atoms. The van der Waals surface area contributed by atoms with E-state index < -0.39 is 29.6 Å². The van der Waals surface area contributed by atoms with Crippen molar-refractivity contribution in [3.8, 4) is 0 Å². The summed E-state index contributed by atoms with van der Waals surface area (Å²) in [7, 11) is 1.23. The monoisotopic (exact) mass is 323 g/mol. The summed E-state index contributed by atoms with van der Waals surface area (Å²) in [4.78, 5) is 39.3. The van der Waals surface area contributed by atoms with E-state index in [0.717, 1.165) is 0 Å². The summed E-state index contributed by atoms with van der Waals surface area (Å²) >= 11 is 0. The Labute approximate surface area is 134 Å². The number of carbonyl (C=O) groups is 3. The molecule has 1 heterocycles. The fraction of sp³-hybridized carbons (Fsp3) is 0.467. The minimum atomic E-state index is -0.877. The average molecular weight is 323 g/mol. The van der Waals surface area contributed by atoms with E-state index in [9.17, 15) is 14.4 Å². The quantitative estimate of drug-likeness (QED) is 0.817. The zero-order chi connectivity index (χ0) is 17.6. The Morgan fingerprint density at radius 1 is 1.26 bits per heavy atom. The number of ether oxygens (including phenoxy) is 2. The molecule has 0 spiro atoms. The van der Waals surface area contributed by atoms with Crippen LogP contribution in [0.25, 0.3) is 0 Å². The number of methoxy groups -OCH3 is 1. The number of carbonyl (C=O) groups excluding carboxylic acids is 3. The van der Waals surface area contributed by atoms with Crippen LogP contribution in [0.4, 0.5) is 10.6 Å². The number of anilines is 1. The first-order chi connectivity index (χ1) is 10.6. The fourth-order valence-corrected chi connectivity index (χ4v) is 1.55. The molecule has 8 heteroatoms. The van der Waals surface area contributed by atoms with Gasteiger partial charge >= 0.3 is 12.1 Å². The van der Waals surface area contributed by atoms with Crippen molar-refractivity contribution in [3.63, 3.8) is 0 Å². The highest BCUT2D eigenvalue weighted by Crippen LogP contribution is 2.13. The SMILES string of the molecule is COC(=O)c1cccnc1NC(=O)[C@@H](C)NC(=O)OC(C)(C)C. The Morgan fingerprint density at radius 3 is 2.48 bits per heavy atom. The van der Waals surface area contributed by atoms with E-state index in [1.165, 1.54) is 26.3 Å². The van der Waals surface area contributed by atoms with Gasteiger partial charge in [0.25, 0.3) is 0 Å². The summed E-state index contributed by atoms with van der Waals surface area (Å²) in [6, 6.07) is 2.14. The van der Waals surface area contributed by atoms with Crippen LogP contribution >= 0.6 is 0 Å². The summed E-state index contributed by atoms with van der Waals surface area (Å²) in [5.74, 6) is -1.11. The van der Waals surface area contributed by atoms with Crippen molar-refractivity contribution in [2.75, 3.05) is 12.4 Å². The Balaban J connectivity index is 2.73. The summed E-state index contributed by atoms with van der Waals surface area (Å²) in [6.07, 6.45) is 0.711. The van der Waals surface area contributed by atoms with Crippen LogP contribution in [0.3, 0.4) is 0 Å². The smallest absolute Gasteiger partial charge is 0.408 e. The van der Waals surface area contributed by atoms with E-state index in [1.54, 1.807) is 26.8 Å². The summed E-state index contributed by atoms with van der Waals surface area (Å²) < 4.78 is 9.69. The van der Waals surface area contributed by atoms with Crippen LogP contribution in [-0.2, 0) is 14.3 Å². The number of rotatable bonds is 4. The first-order valence-electron chi connectivity index (χ1n) is 6.97. The lowest BCUT2D eigenvalue weighted by molar-refractivity contribution is -0.117. The lowest BCUT2D eigenvalue weighted by atomic mass is 10.2. The Morgan fingerprint density at radius 2 is 1.91 bits per heavy atom. The molecule has 0 aliphatic heterocycles. The third kappa shape index (κ3) is 5.93. The molecule has 0 radical (unpaired) electrons. The van der Waals surface area contributed by atoms with Gasteiger partial charge in [-0.2, -0.15) is 0 Å². The van der Waals surface area contributed by atoms with Crippen LogP contribution in [0.15, 0.2) is 18.3 Å². The maximum atomic E-state index is 12.1. The van der Waals surface area contributed by atoms with Crippen molar-refractivity contribution in [2.24, 2.45) is 0 Å². The highest BCUT2D eigenvalue weighted by atomic mass is 16.6. The topological polar surface area (TPSA) is 107 Å². The fourth-order valence-electron chi connectivity index (χ4n) is 1.55. The van der Waals surface area contributed by atoms with Gasteiger partial charge < -0.3 is 20.1 Å². The van der Waals surface area contributed by atoms with Gasteiger partial charge in [0.15, 0.2) is 0 Å². The highest BCUT2D eigenvalue weighted by molar-refractivity contribution is 6.02. The maximum absolute atomic E-state index is 12.1. The molecule has 0 saturated heterocycles. The predicted octanol–water partition coefficient (Wildman–Crippen LogP) is 1.72. The van der Waals surface area contributed by atoms with Crippen LogP contribution in [0, 0.1) is 0 Å². The molecule has 0 saturated carbocycles. The van der Waals surface area contributed by atoms with E-state index in [2.05, 4.69) is 20.4 Å². The van der Waals surface area contributed by atoms with E-state index >= 15 is 0 Å². The molecule has 8 nitrogen and oxygen atoms in total. The van der Waals surface area contributed by atoms with Crippen LogP contribution in [0.5, 0.6) is 0 Å². The normalized spacial score (nSPS) is 12.0. The van der Waals surface area contributed by atoms with E-state index in [4.69, 9.17) is 4.74 Å². The minimum Gasteiger partial charge on any atom is -0.465 e. The van der Waals surface area contributed by atoms with Crippen LogP contribution in [0.2, 0.25) is 0 Å². The van der Waals surface area contributed by atoms with E-state index in [1.807, 2.05) is 0 Å². The van der Waals surface area contributed by atoms with Gasteiger partial charge in [-0.3, -0.25) is 4.79 Å². The molecule has 1 atom stereocenters. The van der Waals surface area contributed by atoms with Gasteiger partial charge in [-0.1, -0.05) is 0 Å². The molecule has 0 aliphatic rings. The van der Waals surface area contributed by atoms with Gasteiger partial charge in [0.05, 0.1) is 7.11 Å². The second-order valence-electron chi connectivity index (χ2n) is 5.75. The maximum Gasteiger partial charge on any atom is 0.408 e. The summed E-state index contributed by atoms with van der Waals surface area (Å²) in [5, 5.41) is 4.87. The molecule has 1 rings (SSSR count). The van der Waals surface area contributed by atoms with Crippen molar-refractivity contribution in [2.45, 2.75) is 39.3 Å². The largest absolute Gasteiger partial charge is 0.465 e. The third-order valence-corrected chi connectivity index (χ3v) is 2.58. The zero-order valence-corrected chi connectivity index (χ0v) is 13.8. The predicted molar refractivity (Wildman–Crippen MR) is 83.0 cm³/mol. The number of aromatic nitrogens is 1. The molecule has 1 aromatic heterocycles. The molecule has 0 aliphatic carbocycles. The lowest BCUT2D eigenvalue weighted by Crippen LogP contribution is -2.44. The van der Waals surface area contributed by atoms with Crippen molar-refractivity contribution in [1.29, 1.82) is 0 Å². The van der Waals surface area contributed by atoms with Gasteiger partial charge in [-0.05, 0) is 39.8 Å². The number of esters is 1. The average Bonchev–Trinajstić information content (AvgIpc) is 2.44. The van der Waals surface area contributed by atoms with E-state index in [-0.39, 0.29) is 11.4 Å². The lowest BCUT2D eigenvalue weighted by Gasteiger charge is -2.21. The molecule has 0 aromatic carbocycles. The molecule has 2 N–H and O–H groups in total. The summed E-state index contributed by atoms with van der Waals surface area (Å²) in [6.45, 7) is 6.63. The first kappa shape index (κ1) is 18.4. The Kier molecular flexibility index (Phi) is 6.06. The van der Waals surface area contributed by atoms with Crippen molar-refractivity contribution < 1.29 is 23.9 Å². The van der Waals surface area contributed by atoms with Gasteiger partial charge in [-0.25, -0.2) is 14.6 Å². The molecule has 0 unspecified atom stereocenters.